The first kappa shape index (κ1) is 20.1. The molecule has 1 heterocycles. The van der Waals surface area contributed by atoms with Gasteiger partial charge in [0.15, 0.2) is 0 Å². The zero-order valence-electron chi connectivity index (χ0n) is 15.7. The van der Waals surface area contributed by atoms with Gasteiger partial charge in [-0.25, -0.2) is 9.97 Å². The quantitative estimate of drug-likeness (QED) is 0.844. The molecule has 0 bridgehead atoms. The highest BCUT2D eigenvalue weighted by atomic mass is 19.4. The van der Waals surface area contributed by atoms with E-state index in [1.54, 1.807) is 0 Å². The number of nitrogens with zero attached hydrogens (tertiary/aromatic N) is 2. The fourth-order valence-electron chi connectivity index (χ4n) is 3.30. The van der Waals surface area contributed by atoms with Gasteiger partial charge in [-0.05, 0) is 69.9 Å². The molecule has 1 amide bonds. The fourth-order valence-corrected chi connectivity index (χ4v) is 3.30. The van der Waals surface area contributed by atoms with E-state index in [0.29, 0.717) is 6.01 Å². The van der Waals surface area contributed by atoms with Crippen LogP contribution in [0, 0.1) is 13.8 Å². The Labute approximate surface area is 161 Å². The number of carbonyl (C=O) groups is 1. The number of rotatable bonds is 4. The van der Waals surface area contributed by atoms with E-state index >= 15 is 0 Å². The van der Waals surface area contributed by atoms with Gasteiger partial charge in [0, 0.05) is 23.0 Å². The van der Waals surface area contributed by atoms with E-state index in [1.807, 2.05) is 19.9 Å². The van der Waals surface area contributed by atoms with Gasteiger partial charge in [0.1, 0.15) is 6.10 Å². The number of benzene rings is 1. The van der Waals surface area contributed by atoms with Crippen LogP contribution in [0.3, 0.4) is 0 Å². The number of aromatic nitrogens is 2. The van der Waals surface area contributed by atoms with Crippen LogP contribution in [0.5, 0.6) is 6.01 Å². The van der Waals surface area contributed by atoms with E-state index in [1.165, 1.54) is 12.1 Å². The molecule has 1 N–H and O–H groups in total. The standard InChI is InChI=1S/C20H22F3N3O2/c1-12-11-13(2)25-19(24-12)28-17-9-7-16(8-10-17)26-18(27)14-3-5-15(6-4-14)20(21,22)23/h3-6,11,16-17H,7-10H2,1-2H3,(H,26,27). The predicted octanol–water partition coefficient (Wildman–Crippen LogP) is 4.23. The molecule has 0 aliphatic heterocycles. The van der Waals surface area contributed by atoms with Crippen molar-refractivity contribution in [2.75, 3.05) is 0 Å². The molecule has 1 aromatic carbocycles. The summed E-state index contributed by atoms with van der Waals surface area (Å²) in [5.41, 5.74) is 1.14. The summed E-state index contributed by atoms with van der Waals surface area (Å²) in [6.07, 6.45) is -1.49. The van der Waals surface area contributed by atoms with E-state index in [-0.39, 0.29) is 23.6 Å². The van der Waals surface area contributed by atoms with Crippen LogP contribution in [0.25, 0.3) is 0 Å². The Kier molecular flexibility index (Phi) is 5.86. The van der Waals surface area contributed by atoms with Crippen LogP contribution in [-0.2, 0) is 6.18 Å². The van der Waals surface area contributed by atoms with Crippen molar-refractivity contribution in [3.05, 3.63) is 52.8 Å². The van der Waals surface area contributed by atoms with Crippen molar-refractivity contribution in [2.24, 2.45) is 0 Å². The molecule has 0 radical (unpaired) electrons. The van der Waals surface area contributed by atoms with Crippen molar-refractivity contribution in [1.82, 2.24) is 15.3 Å². The third-order valence-electron chi connectivity index (χ3n) is 4.72. The third kappa shape index (κ3) is 5.21. The fraction of sp³-hybridized carbons (Fsp3) is 0.450. The Balaban J connectivity index is 1.50. The van der Waals surface area contributed by atoms with Gasteiger partial charge in [0.05, 0.1) is 5.56 Å². The SMILES string of the molecule is Cc1cc(C)nc(OC2CCC(NC(=O)c3ccc(C(F)(F)F)cc3)CC2)n1. The Bertz CT molecular complexity index is 809. The number of ether oxygens (including phenoxy) is 1. The number of alkyl halides is 3. The minimum Gasteiger partial charge on any atom is -0.460 e. The first-order valence-corrected chi connectivity index (χ1v) is 9.18. The summed E-state index contributed by atoms with van der Waals surface area (Å²) in [6.45, 7) is 3.77. The molecule has 1 aliphatic rings. The molecule has 3 rings (SSSR count). The van der Waals surface area contributed by atoms with Gasteiger partial charge in [-0.1, -0.05) is 0 Å². The predicted molar refractivity (Wildman–Crippen MR) is 97.1 cm³/mol. The van der Waals surface area contributed by atoms with Crippen LogP contribution in [0.1, 0.15) is 53.0 Å². The van der Waals surface area contributed by atoms with E-state index < -0.39 is 11.7 Å². The Morgan fingerprint density at radius 1 is 1.04 bits per heavy atom. The lowest BCUT2D eigenvalue weighted by Gasteiger charge is -2.29. The summed E-state index contributed by atoms with van der Waals surface area (Å²) >= 11 is 0. The van der Waals surface area contributed by atoms with Crippen LogP contribution in [0.4, 0.5) is 13.2 Å². The summed E-state index contributed by atoms with van der Waals surface area (Å²) in [5.74, 6) is -0.365. The third-order valence-corrected chi connectivity index (χ3v) is 4.72. The number of aryl methyl sites for hydroxylation is 2. The maximum Gasteiger partial charge on any atom is 0.416 e. The molecule has 5 nitrogen and oxygen atoms in total. The molecule has 28 heavy (non-hydrogen) atoms. The summed E-state index contributed by atoms with van der Waals surface area (Å²) in [6, 6.07) is 6.45. The summed E-state index contributed by atoms with van der Waals surface area (Å²) in [5, 5.41) is 2.89. The van der Waals surface area contributed by atoms with Gasteiger partial charge in [0.2, 0.25) is 0 Å². The molecular weight excluding hydrogens is 371 g/mol. The largest absolute Gasteiger partial charge is 0.460 e. The van der Waals surface area contributed by atoms with Gasteiger partial charge in [-0.15, -0.1) is 0 Å². The smallest absolute Gasteiger partial charge is 0.416 e. The molecule has 1 aliphatic carbocycles. The lowest BCUT2D eigenvalue weighted by atomic mass is 9.92. The van der Waals surface area contributed by atoms with Gasteiger partial charge >= 0.3 is 12.2 Å². The maximum atomic E-state index is 12.6. The lowest BCUT2D eigenvalue weighted by Crippen LogP contribution is -2.39. The topological polar surface area (TPSA) is 64.1 Å². The zero-order chi connectivity index (χ0) is 20.3. The Morgan fingerprint density at radius 2 is 1.61 bits per heavy atom. The van der Waals surface area contributed by atoms with Gasteiger partial charge in [-0.3, -0.25) is 4.79 Å². The van der Waals surface area contributed by atoms with Crippen molar-refractivity contribution in [3.63, 3.8) is 0 Å². The summed E-state index contributed by atoms with van der Waals surface area (Å²) in [4.78, 5) is 20.8. The van der Waals surface area contributed by atoms with Gasteiger partial charge < -0.3 is 10.1 Å². The summed E-state index contributed by atoms with van der Waals surface area (Å²) in [7, 11) is 0. The molecule has 0 spiro atoms. The van der Waals surface area contributed by atoms with E-state index in [2.05, 4.69) is 15.3 Å². The van der Waals surface area contributed by atoms with Crippen molar-refractivity contribution >= 4 is 5.91 Å². The van der Waals surface area contributed by atoms with E-state index in [9.17, 15) is 18.0 Å². The monoisotopic (exact) mass is 393 g/mol. The molecule has 0 unspecified atom stereocenters. The summed E-state index contributed by atoms with van der Waals surface area (Å²) < 4.78 is 43.7. The van der Waals surface area contributed by atoms with Crippen molar-refractivity contribution in [1.29, 1.82) is 0 Å². The maximum absolute atomic E-state index is 12.6. The van der Waals surface area contributed by atoms with Crippen molar-refractivity contribution in [3.8, 4) is 6.01 Å². The Morgan fingerprint density at radius 3 is 2.14 bits per heavy atom. The lowest BCUT2D eigenvalue weighted by molar-refractivity contribution is -0.137. The number of hydrogen-bond acceptors (Lipinski definition) is 4. The highest BCUT2D eigenvalue weighted by Gasteiger charge is 2.30. The molecule has 1 saturated carbocycles. The second-order valence-corrected chi connectivity index (χ2v) is 7.07. The number of halogens is 3. The average molecular weight is 393 g/mol. The van der Waals surface area contributed by atoms with Gasteiger partial charge in [-0.2, -0.15) is 13.2 Å². The number of carbonyl (C=O) groups excluding carboxylic acids is 1. The molecule has 0 saturated heterocycles. The van der Waals surface area contributed by atoms with Crippen LogP contribution in [0.15, 0.2) is 30.3 Å². The van der Waals surface area contributed by atoms with Crippen LogP contribution < -0.4 is 10.1 Å². The number of hydrogen-bond donors (Lipinski definition) is 1. The van der Waals surface area contributed by atoms with Crippen LogP contribution >= 0.6 is 0 Å². The molecule has 0 atom stereocenters. The van der Waals surface area contributed by atoms with Crippen molar-refractivity contribution in [2.45, 2.75) is 57.9 Å². The normalized spacial score (nSPS) is 19.9. The molecule has 1 aromatic heterocycles. The number of nitrogens with one attached hydrogen (secondary N) is 1. The van der Waals surface area contributed by atoms with E-state index in [0.717, 1.165) is 49.2 Å². The van der Waals surface area contributed by atoms with Gasteiger partial charge in [0.25, 0.3) is 5.91 Å². The minimum atomic E-state index is -4.41. The average Bonchev–Trinajstić information content (AvgIpc) is 2.62. The first-order valence-electron chi connectivity index (χ1n) is 9.18. The Hall–Kier alpha value is -2.64. The number of amides is 1. The second-order valence-electron chi connectivity index (χ2n) is 7.07. The molecule has 150 valence electrons. The van der Waals surface area contributed by atoms with E-state index in [4.69, 9.17) is 4.74 Å². The molecule has 2 aromatic rings. The highest BCUT2D eigenvalue weighted by Crippen LogP contribution is 2.29. The first-order chi connectivity index (χ1) is 13.2. The zero-order valence-corrected chi connectivity index (χ0v) is 15.7. The van der Waals surface area contributed by atoms with Crippen LogP contribution in [-0.4, -0.2) is 28.0 Å². The highest BCUT2D eigenvalue weighted by molar-refractivity contribution is 5.94. The molecule has 8 heteroatoms. The molecular formula is C20H22F3N3O2. The second kappa shape index (κ2) is 8.16. The molecule has 1 fully saturated rings. The van der Waals surface area contributed by atoms with Crippen molar-refractivity contribution < 1.29 is 22.7 Å². The van der Waals surface area contributed by atoms with Crippen LogP contribution in [0.2, 0.25) is 0 Å². The minimum absolute atomic E-state index is 0.0135.